The number of hydrogen-bond donors (Lipinski definition) is 1. The lowest BCUT2D eigenvalue weighted by Gasteiger charge is -2.06. The highest BCUT2D eigenvalue weighted by atomic mass is 35.5. The van der Waals surface area contributed by atoms with Gasteiger partial charge in [-0.2, -0.15) is 8.42 Å². The summed E-state index contributed by atoms with van der Waals surface area (Å²) >= 11 is 5.78. The molecule has 2 aromatic carbocycles. The van der Waals surface area contributed by atoms with Gasteiger partial charge in [0.1, 0.15) is 11.6 Å². The highest BCUT2D eigenvalue weighted by Crippen LogP contribution is 2.23. The predicted octanol–water partition coefficient (Wildman–Crippen LogP) is 2.97. The number of nitrogens with zero attached hydrogens (tertiary/aromatic N) is 2. The van der Waals surface area contributed by atoms with E-state index in [2.05, 4.69) is 5.10 Å². The van der Waals surface area contributed by atoms with Crippen LogP contribution in [0, 0.1) is 0 Å². The molecule has 0 aliphatic rings. The number of carbonyl (C=O) groups excluding carboxylic acids is 1. The SMILES string of the molecule is CCOc1ccc(C(=O)Oc2cc(N)n(S(=O)(=O)c3ccc(Cl)cc3)n2)cc1. The van der Waals surface area contributed by atoms with Gasteiger partial charge < -0.3 is 15.2 Å². The normalized spacial score (nSPS) is 11.2. The maximum Gasteiger partial charge on any atom is 0.344 e. The van der Waals surface area contributed by atoms with Crippen LogP contribution in [0.2, 0.25) is 5.02 Å². The molecule has 146 valence electrons. The van der Waals surface area contributed by atoms with Gasteiger partial charge >= 0.3 is 5.97 Å². The molecule has 2 N–H and O–H groups in total. The molecule has 0 saturated carbocycles. The number of nitrogens with two attached hydrogens (primary N) is 1. The Balaban J connectivity index is 1.82. The molecular formula is C18H16ClN3O5S. The quantitative estimate of drug-likeness (QED) is 0.608. The van der Waals surface area contributed by atoms with Crippen molar-refractivity contribution in [1.82, 2.24) is 9.19 Å². The van der Waals surface area contributed by atoms with Crippen LogP contribution in [0.25, 0.3) is 0 Å². The molecule has 3 aromatic rings. The Morgan fingerprint density at radius 2 is 1.79 bits per heavy atom. The van der Waals surface area contributed by atoms with Gasteiger partial charge in [-0.05, 0) is 55.5 Å². The minimum absolute atomic E-state index is 0.0592. The molecule has 10 heteroatoms. The molecule has 0 saturated heterocycles. The number of ether oxygens (including phenoxy) is 2. The lowest BCUT2D eigenvalue weighted by atomic mass is 10.2. The van der Waals surface area contributed by atoms with Crippen LogP contribution < -0.4 is 15.2 Å². The Bertz CT molecular complexity index is 1090. The third kappa shape index (κ3) is 4.10. The zero-order valence-corrected chi connectivity index (χ0v) is 16.3. The fraction of sp³-hybridized carbons (Fsp3) is 0.111. The second-order valence-corrected chi connectivity index (χ2v) is 7.76. The monoisotopic (exact) mass is 421 g/mol. The molecule has 8 nitrogen and oxygen atoms in total. The summed E-state index contributed by atoms with van der Waals surface area (Å²) in [6.07, 6.45) is 0. The van der Waals surface area contributed by atoms with E-state index in [9.17, 15) is 13.2 Å². The molecule has 0 atom stereocenters. The zero-order valence-electron chi connectivity index (χ0n) is 14.7. The molecule has 28 heavy (non-hydrogen) atoms. The molecule has 1 heterocycles. The predicted molar refractivity (Wildman–Crippen MR) is 103 cm³/mol. The van der Waals surface area contributed by atoms with Crippen LogP contribution in [0.3, 0.4) is 0 Å². The van der Waals surface area contributed by atoms with Crippen molar-refractivity contribution in [2.75, 3.05) is 12.3 Å². The van der Waals surface area contributed by atoms with Gasteiger partial charge in [-0.25, -0.2) is 4.79 Å². The number of aromatic nitrogens is 2. The maximum atomic E-state index is 12.7. The highest BCUT2D eigenvalue weighted by molar-refractivity contribution is 7.90. The van der Waals surface area contributed by atoms with Crippen molar-refractivity contribution in [3.63, 3.8) is 0 Å². The van der Waals surface area contributed by atoms with E-state index in [1.165, 1.54) is 36.4 Å². The van der Waals surface area contributed by atoms with Gasteiger partial charge in [0, 0.05) is 11.1 Å². The third-order valence-corrected chi connectivity index (χ3v) is 5.49. The average molecular weight is 422 g/mol. The summed E-state index contributed by atoms with van der Waals surface area (Å²) in [5.74, 6) is -0.545. The molecule has 0 bridgehead atoms. The number of benzene rings is 2. The molecule has 0 radical (unpaired) electrons. The number of esters is 1. The fourth-order valence-corrected chi connectivity index (χ4v) is 3.64. The Labute approximate surface area is 166 Å². The smallest absolute Gasteiger partial charge is 0.344 e. The number of rotatable bonds is 6. The van der Waals surface area contributed by atoms with Gasteiger partial charge in [-0.1, -0.05) is 11.6 Å². The summed E-state index contributed by atoms with van der Waals surface area (Å²) in [7, 11) is -4.06. The number of nitrogen functional groups attached to an aromatic ring is 1. The standard InChI is InChI=1S/C18H16ClN3O5S/c1-2-26-14-7-3-12(4-8-14)18(23)27-17-11-16(20)22(21-17)28(24,25)15-9-5-13(19)6-10-15/h3-11H,2,20H2,1H3. The van der Waals surface area contributed by atoms with Crippen molar-refractivity contribution < 1.29 is 22.7 Å². The van der Waals surface area contributed by atoms with E-state index in [1.54, 1.807) is 12.1 Å². The summed E-state index contributed by atoms with van der Waals surface area (Å²) in [5, 5.41) is 4.18. The number of anilines is 1. The van der Waals surface area contributed by atoms with E-state index in [0.29, 0.717) is 21.5 Å². The molecular weight excluding hydrogens is 406 g/mol. The lowest BCUT2D eigenvalue weighted by molar-refractivity contribution is 0.0727. The van der Waals surface area contributed by atoms with Crippen molar-refractivity contribution in [2.24, 2.45) is 0 Å². The Morgan fingerprint density at radius 1 is 1.14 bits per heavy atom. The molecule has 0 aliphatic carbocycles. The van der Waals surface area contributed by atoms with Crippen molar-refractivity contribution in [3.8, 4) is 11.6 Å². The first-order valence-electron chi connectivity index (χ1n) is 8.13. The first-order valence-corrected chi connectivity index (χ1v) is 9.95. The van der Waals surface area contributed by atoms with Gasteiger partial charge in [-0.3, -0.25) is 0 Å². The summed E-state index contributed by atoms with van der Waals surface area (Å²) in [6, 6.07) is 13.0. The van der Waals surface area contributed by atoms with Crippen molar-refractivity contribution in [1.29, 1.82) is 0 Å². The zero-order chi connectivity index (χ0) is 20.3. The number of halogens is 1. The van der Waals surface area contributed by atoms with Crippen LogP contribution >= 0.6 is 11.6 Å². The van der Waals surface area contributed by atoms with E-state index in [-0.39, 0.29) is 22.2 Å². The summed E-state index contributed by atoms with van der Waals surface area (Å²) in [4.78, 5) is 12.2. The van der Waals surface area contributed by atoms with Gasteiger partial charge in [0.05, 0.1) is 17.1 Å². The molecule has 0 spiro atoms. The number of carbonyl (C=O) groups is 1. The van der Waals surface area contributed by atoms with Crippen LogP contribution in [-0.4, -0.2) is 30.2 Å². The largest absolute Gasteiger partial charge is 0.494 e. The average Bonchev–Trinajstić information content (AvgIpc) is 3.04. The van der Waals surface area contributed by atoms with Crippen molar-refractivity contribution in [2.45, 2.75) is 11.8 Å². The topological polar surface area (TPSA) is 114 Å². The summed E-state index contributed by atoms with van der Waals surface area (Å²) in [6.45, 7) is 2.35. The van der Waals surface area contributed by atoms with Crippen LogP contribution in [0.15, 0.2) is 59.5 Å². The molecule has 0 unspecified atom stereocenters. The molecule has 0 fully saturated rings. The van der Waals surface area contributed by atoms with Crippen LogP contribution in [0.1, 0.15) is 17.3 Å². The Morgan fingerprint density at radius 3 is 2.39 bits per heavy atom. The van der Waals surface area contributed by atoms with Crippen LogP contribution in [-0.2, 0) is 10.0 Å². The second-order valence-electron chi connectivity index (χ2n) is 5.56. The van der Waals surface area contributed by atoms with Crippen LogP contribution in [0.4, 0.5) is 5.82 Å². The van der Waals surface area contributed by atoms with E-state index in [1.807, 2.05) is 6.92 Å². The van der Waals surface area contributed by atoms with Gasteiger partial charge in [0.15, 0.2) is 0 Å². The summed E-state index contributed by atoms with van der Waals surface area (Å²) < 4.78 is 36.3. The van der Waals surface area contributed by atoms with Crippen molar-refractivity contribution >= 4 is 33.4 Å². The van der Waals surface area contributed by atoms with E-state index in [0.717, 1.165) is 6.07 Å². The first-order chi connectivity index (χ1) is 13.3. The van der Waals surface area contributed by atoms with Gasteiger partial charge in [0.2, 0.25) is 5.88 Å². The number of hydrogen-bond acceptors (Lipinski definition) is 7. The van der Waals surface area contributed by atoms with Gasteiger partial charge in [0.25, 0.3) is 10.0 Å². The van der Waals surface area contributed by atoms with E-state index in [4.69, 9.17) is 26.8 Å². The van der Waals surface area contributed by atoms with E-state index >= 15 is 0 Å². The Hall–Kier alpha value is -3.04. The minimum Gasteiger partial charge on any atom is -0.494 e. The maximum absolute atomic E-state index is 12.7. The molecule has 3 rings (SSSR count). The summed E-state index contributed by atoms with van der Waals surface area (Å²) in [5.41, 5.74) is 6.00. The highest BCUT2D eigenvalue weighted by Gasteiger charge is 2.23. The van der Waals surface area contributed by atoms with Crippen molar-refractivity contribution in [3.05, 3.63) is 65.2 Å². The van der Waals surface area contributed by atoms with E-state index < -0.39 is 16.0 Å². The molecule has 1 aromatic heterocycles. The molecule has 0 aliphatic heterocycles. The fourth-order valence-electron chi connectivity index (χ4n) is 2.31. The third-order valence-electron chi connectivity index (χ3n) is 3.62. The molecule has 0 amide bonds. The van der Waals surface area contributed by atoms with Gasteiger partial charge in [-0.15, -0.1) is 9.19 Å². The lowest BCUT2D eigenvalue weighted by Crippen LogP contribution is -2.17. The second kappa shape index (κ2) is 7.91. The first kappa shape index (κ1) is 19.7. The minimum atomic E-state index is -4.06. The Kier molecular flexibility index (Phi) is 5.57. The van der Waals surface area contributed by atoms with Crippen LogP contribution in [0.5, 0.6) is 11.6 Å².